The third kappa shape index (κ3) is 7.35. The lowest BCUT2D eigenvalue weighted by Crippen LogP contribution is -2.57. The molecule has 1 aromatic carbocycles. The van der Waals surface area contributed by atoms with Gasteiger partial charge in [-0.15, -0.1) is 0 Å². The van der Waals surface area contributed by atoms with Crippen LogP contribution >= 0.6 is 0 Å². The van der Waals surface area contributed by atoms with Crippen molar-refractivity contribution in [2.75, 3.05) is 13.7 Å². The molecule has 266 valence electrons. The van der Waals surface area contributed by atoms with E-state index in [0.717, 1.165) is 31.2 Å². The first kappa shape index (κ1) is 34.9. The molecule has 2 aliphatic heterocycles. The molecule has 1 aromatic heterocycles. The van der Waals surface area contributed by atoms with E-state index in [0.29, 0.717) is 47.5 Å². The number of nitrogens with zero attached hydrogens (tertiary/aromatic N) is 2. The molecule has 2 aliphatic carbocycles. The smallest absolute Gasteiger partial charge is 0.259 e. The Kier molecular flexibility index (Phi) is 9.82. The molecular formula is C35H47N5O8S. The molecule has 3 fully saturated rings. The number of nitrogens with one attached hydrogen (secondary N) is 2. The van der Waals surface area contributed by atoms with Crippen LogP contribution in [-0.4, -0.2) is 84.8 Å². The van der Waals surface area contributed by atoms with Crippen LogP contribution in [0, 0.1) is 12.8 Å². The third-order valence-corrected chi connectivity index (χ3v) is 11.7. The highest BCUT2D eigenvalue weighted by atomic mass is 32.2. The SMILES string of the molecule is COc1ccc2c(O[C@@H]3C[C@H]4C(=O)N[C@]5(C(=O)NS(=O)(=O)C6CC6)CC5/C=C\CCCCC[C@H](N)C(=O)N4C3)cc(OC(C)C)nc2c1C. The van der Waals surface area contributed by atoms with Crippen LogP contribution in [0.25, 0.3) is 10.9 Å². The van der Waals surface area contributed by atoms with Gasteiger partial charge in [0.05, 0.1) is 36.6 Å². The number of fused-ring (bicyclic) bond motifs is 3. The van der Waals surface area contributed by atoms with Gasteiger partial charge in [0.1, 0.15) is 29.2 Å². The summed E-state index contributed by atoms with van der Waals surface area (Å²) in [5.74, 6) is -0.556. The van der Waals surface area contributed by atoms with Crippen molar-refractivity contribution in [2.24, 2.45) is 11.7 Å². The number of aromatic nitrogens is 1. The van der Waals surface area contributed by atoms with Crippen LogP contribution in [0.15, 0.2) is 30.4 Å². The predicted octanol–water partition coefficient (Wildman–Crippen LogP) is 3.02. The van der Waals surface area contributed by atoms with E-state index in [1.807, 2.05) is 45.1 Å². The fourth-order valence-electron chi connectivity index (χ4n) is 6.90. The van der Waals surface area contributed by atoms with Crippen molar-refractivity contribution in [1.82, 2.24) is 19.9 Å². The Morgan fingerprint density at radius 3 is 2.63 bits per heavy atom. The van der Waals surface area contributed by atoms with Gasteiger partial charge in [-0.1, -0.05) is 25.0 Å². The first-order chi connectivity index (χ1) is 23.3. The van der Waals surface area contributed by atoms with E-state index in [9.17, 15) is 22.8 Å². The zero-order chi connectivity index (χ0) is 35.1. The number of sulfonamides is 1. The Balaban J connectivity index is 1.31. The molecule has 0 bridgehead atoms. The lowest BCUT2D eigenvalue weighted by molar-refractivity contribution is -0.140. The molecule has 2 aromatic rings. The van der Waals surface area contributed by atoms with Gasteiger partial charge in [0.2, 0.25) is 27.7 Å². The summed E-state index contributed by atoms with van der Waals surface area (Å²) in [5.41, 5.74) is 6.41. The number of amides is 3. The number of benzene rings is 1. The minimum absolute atomic E-state index is 0.0858. The average Bonchev–Trinajstić information content (AvgIpc) is 3.97. The van der Waals surface area contributed by atoms with Gasteiger partial charge < -0.3 is 30.2 Å². The molecule has 1 unspecified atom stereocenters. The normalized spacial score (nSPS) is 28.5. The number of carbonyl (C=O) groups excluding carboxylic acids is 3. The van der Waals surface area contributed by atoms with Gasteiger partial charge in [-0.3, -0.25) is 19.1 Å². The third-order valence-electron chi connectivity index (χ3n) is 9.88. The maximum absolute atomic E-state index is 14.1. The number of hydrogen-bond donors (Lipinski definition) is 3. The van der Waals surface area contributed by atoms with Gasteiger partial charge in [-0.25, -0.2) is 13.4 Å². The molecular weight excluding hydrogens is 650 g/mol. The molecule has 4 aliphatic rings. The average molecular weight is 698 g/mol. The lowest BCUT2D eigenvalue weighted by atomic mass is 10.1. The number of nitrogens with two attached hydrogens (primary N) is 1. The summed E-state index contributed by atoms with van der Waals surface area (Å²) in [6.07, 6.45) is 8.22. The first-order valence-electron chi connectivity index (χ1n) is 17.3. The van der Waals surface area contributed by atoms with E-state index in [-0.39, 0.29) is 37.3 Å². The van der Waals surface area contributed by atoms with Gasteiger partial charge in [-0.05, 0) is 71.4 Å². The zero-order valence-corrected chi connectivity index (χ0v) is 29.4. The Hall–Kier alpha value is -3.91. The minimum Gasteiger partial charge on any atom is -0.496 e. The fourth-order valence-corrected chi connectivity index (χ4v) is 8.26. The summed E-state index contributed by atoms with van der Waals surface area (Å²) in [6, 6.07) is 3.58. The van der Waals surface area contributed by atoms with Gasteiger partial charge in [0.25, 0.3) is 5.91 Å². The molecule has 5 atom stereocenters. The second-order valence-electron chi connectivity index (χ2n) is 14.0. The summed E-state index contributed by atoms with van der Waals surface area (Å²) >= 11 is 0. The Bertz CT molecular complexity index is 1760. The highest BCUT2D eigenvalue weighted by Crippen LogP contribution is 2.46. The maximum Gasteiger partial charge on any atom is 0.259 e. The predicted molar refractivity (Wildman–Crippen MR) is 183 cm³/mol. The van der Waals surface area contributed by atoms with Crippen molar-refractivity contribution in [2.45, 2.75) is 114 Å². The number of ether oxygens (including phenoxy) is 3. The van der Waals surface area contributed by atoms with Crippen LogP contribution in [0.2, 0.25) is 0 Å². The number of hydrogen-bond acceptors (Lipinski definition) is 10. The standard InChI is InChI=1S/C35H47N5O8S/c1-20(2)47-30-17-29(25-14-15-28(46-4)21(3)31(25)37-30)48-23-16-27-32(41)38-35(34(43)39-49(44,45)24-12-13-24)18-22(35)10-8-6-5-7-9-11-26(36)33(42)40(27)19-23/h8,10,14-15,17,20,22-24,26-27H,5-7,9,11-13,16,18-19,36H2,1-4H3,(H,38,41)(H,39,43)/b10-8-/t22?,23-,26+,27+,35-/m1/s1. The number of pyridine rings is 1. The number of allylic oxidation sites excluding steroid dienone is 1. The van der Waals surface area contributed by atoms with E-state index in [2.05, 4.69) is 10.0 Å². The van der Waals surface area contributed by atoms with Crippen molar-refractivity contribution in [3.8, 4) is 17.4 Å². The van der Waals surface area contributed by atoms with Crippen LogP contribution in [0.4, 0.5) is 0 Å². The molecule has 49 heavy (non-hydrogen) atoms. The van der Waals surface area contributed by atoms with E-state index >= 15 is 0 Å². The molecule has 3 heterocycles. The molecule has 1 saturated heterocycles. The molecule has 6 rings (SSSR count). The molecule has 13 nitrogen and oxygen atoms in total. The second-order valence-corrected chi connectivity index (χ2v) is 16.0. The van der Waals surface area contributed by atoms with Crippen molar-refractivity contribution in [3.05, 3.63) is 35.9 Å². The van der Waals surface area contributed by atoms with E-state index in [4.69, 9.17) is 24.9 Å². The maximum atomic E-state index is 14.1. The molecule has 0 radical (unpaired) electrons. The summed E-state index contributed by atoms with van der Waals surface area (Å²) in [4.78, 5) is 47.7. The molecule has 3 amide bonds. The summed E-state index contributed by atoms with van der Waals surface area (Å²) in [5, 5.41) is 3.01. The topological polar surface area (TPSA) is 179 Å². The monoisotopic (exact) mass is 697 g/mol. The van der Waals surface area contributed by atoms with Crippen LogP contribution in [0.5, 0.6) is 17.4 Å². The number of aryl methyl sites for hydroxylation is 1. The highest BCUT2D eigenvalue weighted by molar-refractivity contribution is 7.91. The van der Waals surface area contributed by atoms with Gasteiger partial charge in [0, 0.05) is 29.4 Å². The van der Waals surface area contributed by atoms with Crippen molar-refractivity contribution < 1.29 is 37.0 Å². The molecule has 14 heteroatoms. The van der Waals surface area contributed by atoms with Crippen LogP contribution < -0.4 is 30.0 Å². The Morgan fingerprint density at radius 2 is 1.92 bits per heavy atom. The quantitative estimate of drug-likeness (QED) is 0.347. The Morgan fingerprint density at radius 1 is 1.14 bits per heavy atom. The summed E-state index contributed by atoms with van der Waals surface area (Å²) < 4.78 is 45.7. The minimum atomic E-state index is -3.84. The van der Waals surface area contributed by atoms with Crippen LogP contribution in [-0.2, 0) is 24.4 Å². The first-order valence-corrected chi connectivity index (χ1v) is 18.8. The number of rotatable bonds is 8. The second kappa shape index (κ2) is 13.8. The fraction of sp³-hybridized carbons (Fsp3) is 0.600. The van der Waals surface area contributed by atoms with E-state index in [1.165, 1.54) is 4.90 Å². The Labute approximate surface area is 287 Å². The van der Waals surface area contributed by atoms with Gasteiger partial charge in [0.15, 0.2) is 0 Å². The van der Waals surface area contributed by atoms with Gasteiger partial charge >= 0.3 is 0 Å². The van der Waals surface area contributed by atoms with Crippen molar-refractivity contribution >= 4 is 38.6 Å². The van der Waals surface area contributed by atoms with Crippen molar-refractivity contribution in [1.29, 1.82) is 0 Å². The molecule has 4 N–H and O–H groups in total. The van der Waals surface area contributed by atoms with Crippen LogP contribution in [0.1, 0.15) is 77.2 Å². The summed E-state index contributed by atoms with van der Waals surface area (Å²) in [6.45, 7) is 5.78. The van der Waals surface area contributed by atoms with E-state index < -0.39 is 50.8 Å². The number of carbonyl (C=O) groups is 3. The van der Waals surface area contributed by atoms with Crippen LogP contribution in [0.3, 0.4) is 0 Å². The zero-order valence-electron chi connectivity index (χ0n) is 28.6. The van der Waals surface area contributed by atoms with Gasteiger partial charge in [-0.2, -0.15) is 0 Å². The summed E-state index contributed by atoms with van der Waals surface area (Å²) in [7, 11) is -2.25. The number of methoxy groups -OCH3 is 1. The highest BCUT2D eigenvalue weighted by Gasteiger charge is 2.62. The molecule has 0 spiro atoms. The molecule has 2 saturated carbocycles. The van der Waals surface area contributed by atoms with Crippen molar-refractivity contribution in [3.63, 3.8) is 0 Å². The van der Waals surface area contributed by atoms with E-state index in [1.54, 1.807) is 13.2 Å². The lowest BCUT2D eigenvalue weighted by Gasteiger charge is -2.28. The largest absolute Gasteiger partial charge is 0.496 e.